The van der Waals surface area contributed by atoms with E-state index in [2.05, 4.69) is 43.8 Å². The zero-order valence-corrected chi connectivity index (χ0v) is 13.0. The van der Waals surface area contributed by atoms with E-state index in [4.69, 9.17) is 0 Å². The molecule has 1 amide bonds. The van der Waals surface area contributed by atoms with Crippen LogP contribution in [0.15, 0.2) is 22.7 Å². The van der Waals surface area contributed by atoms with Gasteiger partial charge in [-0.1, -0.05) is 44.6 Å². The van der Waals surface area contributed by atoms with Gasteiger partial charge in [-0.15, -0.1) is 0 Å². The summed E-state index contributed by atoms with van der Waals surface area (Å²) in [7, 11) is 0. The van der Waals surface area contributed by atoms with Gasteiger partial charge in [0.1, 0.15) is 0 Å². The Bertz CT molecular complexity index is 368. The molecule has 0 unspecified atom stereocenters. The number of carbonyl (C=O) groups excluding carboxylic acids is 1. The summed E-state index contributed by atoms with van der Waals surface area (Å²) < 4.78 is 2.12. The Morgan fingerprint density at radius 2 is 2.19 bits per heavy atom. The average molecular weight is 396 g/mol. The van der Waals surface area contributed by atoms with Crippen LogP contribution in [0.1, 0.15) is 28.8 Å². The van der Waals surface area contributed by atoms with Crippen molar-refractivity contribution in [1.29, 1.82) is 0 Å². The van der Waals surface area contributed by atoms with Crippen LogP contribution < -0.4 is 5.32 Å². The van der Waals surface area contributed by atoms with E-state index in [1.165, 1.54) is 0 Å². The molecule has 0 radical (unpaired) electrons. The first-order valence-electron chi connectivity index (χ1n) is 5.25. The van der Waals surface area contributed by atoms with Gasteiger partial charge in [0, 0.05) is 16.6 Å². The number of hydrogen-bond acceptors (Lipinski definition) is 1. The highest BCUT2D eigenvalue weighted by Crippen LogP contribution is 2.17. The molecule has 2 nitrogen and oxygen atoms in total. The number of benzene rings is 1. The maximum atomic E-state index is 11.7. The van der Waals surface area contributed by atoms with Crippen molar-refractivity contribution in [3.8, 4) is 0 Å². The molecule has 0 aromatic heterocycles. The van der Waals surface area contributed by atoms with Crippen LogP contribution in [0.4, 0.5) is 0 Å². The molecule has 1 aromatic rings. The molecule has 0 fully saturated rings. The Morgan fingerprint density at radius 1 is 1.44 bits per heavy atom. The molecule has 0 saturated heterocycles. The molecule has 0 spiro atoms. The number of halogens is 2. The molecule has 0 bridgehead atoms. The molecule has 0 atom stereocenters. The van der Waals surface area contributed by atoms with Crippen molar-refractivity contribution in [2.75, 3.05) is 11.0 Å². The maximum absolute atomic E-state index is 11.7. The van der Waals surface area contributed by atoms with Gasteiger partial charge >= 0.3 is 0 Å². The summed E-state index contributed by atoms with van der Waals surface area (Å²) in [6.07, 6.45) is 2.19. The van der Waals surface area contributed by atoms with Crippen LogP contribution in [0.2, 0.25) is 0 Å². The Balaban J connectivity index is 2.50. The Hall–Kier alpha value is -0.100. The molecule has 1 aromatic carbocycles. The number of alkyl halides is 1. The number of unbranched alkanes of at least 4 members (excludes halogenated alkanes) is 1. The first-order valence-corrected chi connectivity index (χ1v) is 7.57. The molecule has 16 heavy (non-hydrogen) atoms. The van der Waals surface area contributed by atoms with Gasteiger partial charge in [-0.05, 0) is 41.9 Å². The second-order valence-electron chi connectivity index (χ2n) is 3.62. The van der Waals surface area contributed by atoms with Crippen LogP contribution in [0.3, 0.4) is 0 Å². The molecule has 1 N–H and O–H groups in total. The second-order valence-corrected chi connectivity index (χ2v) is 5.55. The van der Waals surface area contributed by atoms with E-state index in [-0.39, 0.29) is 5.91 Å². The summed E-state index contributed by atoms with van der Waals surface area (Å²) in [5.74, 6) is 0.00848. The smallest absolute Gasteiger partial charge is 0.251 e. The van der Waals surface area contributed by atoms with Crippen LogP contribution >= 0.6 is 38.5 Å². The van der Waals surface area contributed by atoms with E-state index in [9.17, 15) is 4.79 Å². The normalized spacial score (nSPS) is 10.2. The van der Waals surface area contributed by atoms with Crippen molar-refractivity contribution >= 4 is 44.4 Å². The highest BCUT2D eigenvalue weighted by molar-refractivity contribution is 14.1. The third-order valence-corrected chi connectivity index (χ3v) is 3.90. The number of carbonyl (C=O) groups is 1. The number of hydrogen-bond donors (Lipinski definition) is 1. The average Bonchev–Trinajstić information content (AvgIpc) is 2.28. The van der Waals surface area contributed by atoms with Gasteiger partial charge in [-0.3, -0.25) is 4.79 Å². The van der Waals surface area contributed by atoms with E-state index < -0.39 is 0 Å². The summed E-state index contributed by atoms with van der Waals surface area (Å²) in [6, 6.07) is 5.67. The summed E-state index contributed by atoms with van der Waals surface area (Å²) in [5.41, 5.74) is 1.86. The number of nitrogens with one attached hydrogen (secondary N) is 1. The fraction of sp³-hybridized carbons (Fsp3) is 0.417. The lowest BCUT2D eigenvalue weighted by atomic mass is 10.1. The third-order valence-electron chi connectivity index (χ3n) is 2.28. The summed E-state index contributed by atoms with van der Waals surface area (Å²) in [4.78, 5) is 11.7. The van der Waals surface area contributed by atoms with E-state index >= 15 is 0 Å². The summed E-state index contributed by atoms with van der Waals surface area (Å²) >= 11 is 5.77. The van der Waals surface area contributed by atoms with Crippen molar-refractivity contribution < 1.29 is 4.79 Å². The molecule has 0 heterocycles. The standard InChI is InChI=1S/C12H15BrINO/c1-9-4-5-10(8-11(9)13)12(16)15-7-3-2-6-14/h4-5,8H,2-3,6-7H2,1H3,(H,15,16). The van der Waals surface area contributed by atoms with Crippen molar-refractivity contribution in [1.82, 2.24) is 5.32 Å². The Labute approximate surface area is 118 Å². The summed E-state index contributed by atoms with van der Waals surface area (Å²) in [6.45, 7) is 2.76. The third kappa shape index (κ3) is 4.41. The minimum absolute atomic E-state index is 0.00848. The Morgan fingerprint density at radius 3 is 2.81 bits per heavy atom. The molecule has 0 aliphatic heterocycles. The van der Waals surface area contributed by atoms with Crippen LogP contribution in [0.5, 0.6) is 0 Å². The van der Waals surface area contributed by atoms with E-state index in [0.717, 1.165) is 33.9 Å². The van der Waals surface area contributed by atoms with Gasteiger partial charge in [0.25, 0.3) is 5.91 Å². The van der Waals surface area contributed by atoms with Crippen LogP contribution in [-0.4, -0.2) is 16.9 Å². The van der Waals surface area contributed by atoms with E-state index in [1.54, 1.807) is 0 Å². The topological polar surface area (TPSA) is 29.1 Å². The minimum atomic E-state index is 0.00848. The first-order chi connectivity index (χ1) is 7.65. The van der Waals surface area contributed by atoms with Crippen molar-refractivity contribution in [2.24, 2.45) is 0 Å². The van der Waals surface area contributed by atoms with Gasteiger partial charge < -0.3 is 5.32 Å². The number of rotatable bonds is 5. The van der Waals surface area contributed by atoms with Crippen molar-refractivity contribution in [3.05, 3.63) is 33.8 Å². The van der Waals surface area contributed by atoms with Crippen LogP contribution in [0, 0.1) is 6.92 Å². The molecule has 88 valence electrons. The lowest BCUT2D eigenvalue weighted by Gasteiger charge is -2.06. The SMILES string of the molecule is Cc1ccc(C(=O)NCCCCI)cc1Br. The van der Waals surface area contributed by atoms with Gasteiger partial charge in [0.2, 0.25) is 0 Å². The molecule has 0 saturated carbocycles. The fourth-order valence-corrected chi connectivity index (χ4v) is 2.18. The highest BCUT2D eigenvalue weighted by atomic mass is 127. The zero-order chi connectivity index (χ0) is 12.0. The fourth-order valence-electron chi connectivity index (χ4n) is 1.26. The highest BCUT2D eigenvalue weighted by Gasteiger charge is 2.05. The van der Waals surface area contributed by atoms with Crippen molar-refractivity contribution in [3.63, 3.8) is 0 Å². The lowest BCUT2D eigenvalue weighted by Crippen LogP contribution is -2.24. The van der Waals surface area contributed by atoms with Crippen molar-refractivity contribution in [2.45, 2.75) is 19.8 Å². The Kier molecular flexibility index (Phi) is 6.34. The van der Waals surface area contributed by atoms with E-state index in [0.29, 0.717) is 5.56 Å². The minimum Gasteiger partial charge on any atom is -0.352 e. The van der Waals surface area contributed by atoms with Crippen LogP contribution in [-0.2, 0) is 0 Å². The summed E-state index contributed by atoms with van der Waals surface area (Å²) in [5, 5.41) is 2.92. The maximum Gasteiger partial charge on any atom is 0.251 e. The van der Waals surface area contributed by atoms with Crippen LogP contribution in [0.25, 0.3) is 0 Å². The second kappa shape index (κ2) is 7.27. The zero-order valence-electron chi connectivity index (χ0n) is 9.22. The predicted octanol–water partition coefficient (Wildman–Crippen LogP) is 3.70. The van der Waals surface area contributed by atoms with Gasteiger partial charge in [-0.2, -0.15) is 0 Å². The van der Waals surface area contributed by atoms with Gasteiger partial charge in [0.15, 0.2) is 0 Å². The van der Waals surface area contributed by atoms with E-state index in [1.807, 2.05) is 25.1 Å². The largest absolute Gasteiger partial charge is 0.352 e. The lowest BCUT2D eigenvalue weighted by molar-refractivity contribution is 0.0953. The quantitative estimate of drug-likeness (QED) is 0.459. The molecule has 1 rings (SSSR count). The first kappa shape index (κ1) is 14.0. The monoisotopic (exact) mass is 395 g/mol. The molecule has 0 aliphatic carbocycles. The molecule has 0 aliphatic rings. The number of aryl methyl sites for hydroxylation is 1. The predicted molar refractivity (Wildman–Crippen MR) is 79.3 cm³/mol. The van der Waals surface area contributed by atoms with Gasteiger partial charge in [-0.25, -0.2) is 0 Å². The number of amides is 1. The van der Waals surface area contributed by atoms with Gasteiger partial charge in [0.05, 0.1) is 0 Å². The molecule has 4 heteroatoms. The molecular weight excluding hydrogens is 381 g/mol. The molecular formula is C12H15BrINO.